The van der Waals surface area contributed by atoms with Crippen molar-refractivity contribution in [3.63, 3.8) is 0 Å². The molecule has 1 saturated heterocycles. The van der Waals surface area contributed by atoms with Crippen molar-refractivity contribution in [1.82, 2.24) is 14.9 Å². The maximum Gasteiger partial charge on any atom is 0.407 e. The zero-order valence-electron chi connectivity index (χ0n) is 19.2. The fraction of sp³-hybridized carbons (Fsp3) is 0.478. The van der Waals surface area contributed by atoms with Gasteiger partial charge in [-0.2, -0.15) is 0 Å². The van der Waals surface area contributed by atoms with Crippen LogP contribution in [0.3, 0.4) is 0 Å². The number of ether oxygens (including phenoxy) is 2. The Morgan fingerprint density at radius 2 is 1.91 bits per heavy atom. The Kier molecular flexibility index (Phi) is 7.97. The van der Waals surface area contributed by atoms with Gasteiger partial charge in [0.1, 0.15) is 17.7 Å². The molecule has 0 bridgehead atoms. The molecular formula is C23H29ClN4O5. The van der Waals surface area contributed by atoms with Gasteiger partial charge in [0.15, 0.2) is 0 Å². The van der Waals surface area contributed by atoms with Crippen molar-refractivity contribution in [2.75, 3.05) is 25.5 Å². The van der Waals surface area contributed by atoms with Crippen molar-refractivity contribution in [3.05, 3.63) is 34.6 Å². The van der Waals surface area contributed by atoms with Crippen LogP contribution in [-0.2, 0) is 22.4 Å². The summed E-state index contributed by atoms with van der Waals surface area (Å²) in [4.78, 5) is 34.3. The fourth-order valence-electron chi connectivity index (χ4n) is 3.76. The third-order valence-electron chi connectivity index (χ3n) is 5.57. The number of likely N-dealkylation sites (tertiary alicyclic amines) is 1. The second-order valence-electron chi connectivity index (χ2n) is 7.69. The molecule has 1 amide bonds. The molecule has 2 atom stereocenters. The van der Waals surface area contributed by atoms with Gasteiger partial charge < -0.3 is 24.8 Å². The number of aromatic nitrogens is 2. The summed E-state index contributed by atoms with van der Waals surface area (Å²) in [6, 6.07) is 4.99. The fourth-order valence-corrected chi connectivity index (χ4v) is 4.02. The molecule has 0 saturated carbocycles. The number of amides is 1. The van der Waals surface area contributed by atoms with E-state index in [1.165, 1.54) is 4.90 Å². The summed E-state index contributed by atoms with van der Waals surface area (Å²) < 4.78 is 10.7. The lowest BCUT2D eigenvalue weighted by molar-refractivity contribution is -0.148. The Bertz CT molecular complexity index is 1030. The van der Waals surface area contributed by atoms with Crippen LogP contribution in [0.5, 0.6) is 5.75 Å². The molecule has 2 heterocycles. The first-order valence-corrected chi connectivity index (χ1v) is 11.4. The van der Waals surface area contributed by atoms with Crippen LogP contribution in [0.25, 0.3) is 11.3 Å². The molecule has 1 aromatic heterocycles. The number of nitrogens with zero attached hydrogens (tertiary/aromatic N) is 3. The van der Waals surface area contributed by atoms with Crippen molar-refractivity contribution in [2.45, 2.75) is 52.2 Å². The number of hydrogen-bond donors (Lipinski definition) is 2. The number of carbonyl (C=O) groups is 2. The predicted octanol–water partition coefficient (Wildman–Crippen LogP) is 4.03. The number of halogens is 1. The number of aryl methyl sites for hydroxylation is 2. The molecule has 2 N–H and O–H groups in total. The molecule has 3 rings (SSSR count). The van der Waals surface area contributed by atoms with Gasteiger partial charge in [0, 0.05) is 18.5 Å². The molecule has 1 aliphatic rings. The number of carboxylic acid groups (broad SMARTS) is 1. The topological polar surface area (TPSA) is 114 Å². The number of rotatable bonds is 8. The SMILES string of the molecule is CCC(=O)O[C@H]1CN(C(=O)O)C[C@H]1Nc1nc(CC)c(-c2ccc(OC)cc2Cl)nc1CC. The standard InChI is InChI=1S/C23H29ClN4O5/c1-5-16-21(14-9-8-13(32-4)10-15(14)24)25-17(6-2)22(26-16)27-18-11-28(23(30)31)12-19(18)33-20(29)7-3/h8-10,18-19H,5-7,11-12H2,1-4H3,(H,26,27)(H,30,31)/t18-,19+/m1/s1. The Morgan fingerprint density at radius 3 is 2.48 bits per heavy atom. The molecule has 0 unspecified atom stereocenters. The molecule has 33 heavy (non-hydrogen) atoms. The third kappa shape index (κ3) is 5.47. The Hall–Kier alpha value is -3.07. The summed E-state index contributed by atoms with van der Waals surface area (Å²) in [6.45, 7) is 5.93. The number of benzene rings is 1. The maximum absolute atomic E-state index is 11.9. The van der Waals surface area contributed by atoms with E-state index in [0.717, 1.165) is 11.3 Å². The molecule has 1 fully saturated rings. The smallest absolute Gasteiger partial charge is 0.407 e. The van der Waals surface area contributed by atoms with Gasteiger partial charge in [-0.15, -0.1) is 0 Å². The number of methoxy groups -OCH3 is 1. The second kappa shape index (κ2) is 10.7. The number of esters is 1. The summed E-state index contributed by atoms with van der Waals surface area (Å²) in [5, 5.41) is 13.2. The van der Waals surface area contributed by atoms with Crippen LogP contribution < -0.4 is 10.1 Å². The minimum Gasteiger partial charge on any atom is -0.497 e. The number of hydrogen-bond acceptors (Lipinski definition) is 7. The third-order valence-corrected chi connectivity index (χ3v) is 5.88. The molecule has 1 aromatic carbocycles. The zero-order valence-corrected chi connectivity index (χ0v) is 20.0. The van der Waals surface area contributed by atoms with Crippen molar-refractivity contribution >= 4 is 29.5 Å². The van der Waals surface area contributed by atoms with Crippen LogP contribution in [0.1, 0.15) is 38.6 Å². The van der Waals surface area contributed by atoms with Gasteiger partial charge in [0.2, 0.25) is 0 Å². The van der Waals surface area contributed by atoms with Crippen molar-refractivity contribution in [3.8, 4) is 17.0 Å². The second-order valence-corrected chi connectivity index (χ2v) is 8.09. The Morgan fingerprint density at radius 1 is 1.18 bits per heavy atom. The molecule has 0 radical (unpaired) electrons. The first-order valence-electron chi connectivity index (χ1n) is 11.0. The maximum atomic E-state index is 11.9. The van der Waals surface area contributed by atoms with E-state index < -0.39 is 18.2 Å². The first-order chi connectivity index (χ1) is 15.8. The van der Waals surface area contributed by atoms with Crippen molar-refractivity contribution in [1.29, 1.82) is 0 Å². The molecule has 1 aliphatic heterocycles. The van der Waals surface area contributed by atoms with E-state index >= 15 is 0 Å². The number of carbonyl (C=O) groups excluding carboxylic acids is 1. The molecule has 0 spiro atoms. The summed E-state index contributed by atoms with van der Waals surface area (Å²) in [6.07, 6.45) is -0.246. The van der Waals surface area contributed by atoms with Crippen LogP contribution in [0.15, 0.2) is 18.2 Å². The lowest BCUT2D eigenvalue weighted by Gasteiger charge is -2.22. The highest BCUT2D eigenvalue weighted by Gasteiger charge is 2.38. The molecule has 178 valence electrons. The minimum absolute atomic E-state index is 0.105. The highest BCUT2D eigenvalue weighted by atomic mass is 35.5. The van der Waals surface area contributed by atoms with E-state index in [4.69, 9.17) is 31.0 Å². The van der Waals surface area contributed by atoms with Crippen LogP contribution >= 0.6 is 11.6 Å². The molecular weight excluding hydrogens is 448 g/mol. The van der Waals surface area contributed by atoms with Gasteiger partial charge in [0.05, 0.1) is 41.8 Å². The van der Waals surface area contributed by atoms with Crippen LogP contribution in [0.2, 0.25) is 5.02 Å². The summed E-state index contributed by atoms with van der Waals surface area (Å²) in [5.41, 5.74) is 2.91. The minimum atomic E-state index is -1.06. The predicted molar refractivity (Wildman–Crippen MR) is 125 cm³/mol. The van der Waals surface area contributed by atoms with E-state index in [2.05, 4.69) is 5.32 Å². The lowest BCUT2D eigenvalue weighted by Crippen LogP contribution is -2.36. The van der Waals surface area contributed by atoms with Gasteiger partial charge in [-0.25, -0.2) is 14.8 Å². The van der Waals surface area contributed by atoms with Gasteiger partial charge in [-0.3, -0.25) is 4.79 Å². The zero-order chi connectivity index (χ0) is 24.1. The van der Waals surface area contributed by atoms with E-state index in [1.807, 2.05) is 26.0 Å². The van der Waals surface area contributed by atoms with E-state index in [9.17, 15) is 14.7 Å². The van der Waals surface area contributed by atoms with E-state index in [1.54, 1.807) is 20.1 Å². The van der Waals surface area contributed by atoms with Crippen LogP contribution in [-0.4, -0.2) is 64.4 Å². The Balaban J connectivity index is 1.96. The van der Waals surface area contributed by atoms with E-state index in [0.29, 0.717) is 40.8 Å². The molecule has 2 aromatic rings. The molecule has 10 heteroatoms. The summed E-state index contributed by atoms with van der Waals surface area (Å²) >= 11 is 6.50. The van der Waals surface area contributed by atoms with Crippen molar-refractivity contribution in [2.24, 2.45) is 0 Å². The Labute approximate surface area is 198 Å². The van der Waals surface area contributed by atoms with Gasteiger partial charge in [0.25, 0.3) is 0 Å². The first kappa shape index (κ1) is 24.6. The molecule has 9 nitrogen and oxygen atoms in total. The van der Waals surface area contributed by atoms with Crippen LogP contribution in [0.4, 0.5) is 10.6 Å². The lowest BCUT2D eigenvalue weighted by atomic mass is 10.1. The summed E-state index contributed by atoms with van der Waals surface area (Å²) in [5.74, 6) is 0.831. The van der Waals surface area contributed by atoms with Gasteiger partial charge >= 0.3 is 12.1 Å². The highest BCUT2D eigenvalue weighted by Crippen LogP contribution is 2.33. The normalized spacial score (nSPS) is 17.7. The van der Waals surface area contributed by atoms with Crippen molar-refractivity contribution < 1.29 is 24.2 Å². The number of anilines is 1. The average Bonchev–Trinajstić information content (AvgIpc) is 3.21. The van der Waals surface area contributed by atoms with Gasteiger partial charge in [-0.05, 0) is 31.0 Å². The molecule has 0 aliphatic carbocycles. The quantitative estimate of drug-likeness (QED) is 0.549. The van der Waals surface area contributed by atoms with Crippen LogP contribution in [0, 0.1) is 0 Å². The number of nitrogens with one attached hydrogen (secondary N) is 1. The summed E-state index contributed by atoms with van der Waals surface area (Å²) in [7, 11) is 1.58. The largest absolute Gasteiger partial charge is 0.497 e. The van der Waals surface area contributed by atoms with Gasteiger partial charge in [-0.1, -0.05) is 32.4 Å². The highest BCUT2D eigenvalue weighted by molar-refractivity contribution is 6.33. The van der Waals surface area contributed by atoms with E-state index in [-0.39, 0.29) is 25.5 Å². The average molecular weight is 477 g/mol. The monoisotopic (exact) mass is 476 g/mol.